The second-order valence-corrected chi connectivity index (χ2v) is 3.22. The lowest BCUT2D eigenvalue weighted by Gasteiger charge is -2.03. The van der Waals surface area contributed by atoms with Crippen molar-refractivity contribution >= 4 is 12.0 Å². The molecule has 15 heavy (non-hydrogen) atoms. The zero-order chi connectivity index (χ0) is 11.1. The molecule has 1 rings (SSSR count). The molecule has 1 unspecified atom stereocenters. The minimum atomic E-state index is -0.626. The number of hydrogen-bond acceptors (Lipinski definition) is 3. The van der Waals surface area contributed by atoms with Crippen LogP contribution in [0.25, 0.3) is 6.08 Å². The summed E-state index contributed by atoms with van der Waals surface area (Å²) in [4.78, 5) is 11.1. The van der Waals surface area contributed by atoms with E-state index in [9.17, 15) is 4.79 Å². The zero-order valence-corrected chi connectivity index (χ0v) is 8.59. The summed E-state index contributed by atoms with van der Waals surface area (Å²) >= 11 is 0. The van der Waals surface area contributed by atoms with Gasteiger partial charge in [0.1, 0.15) is 6.61 Å². The number of esters is 1. The van der Waals surface area contributed by atoms with Gasteiger partial charge in [0, 0.05) is 6.08 Å². The summed E-state index contributed by atoms with van der Waals surface area (Å²) in [5.74, 6) is -0.445. The lowest BCUT2D eigenvalue weighted by molar-refractivity contribution is -0.140. The molecule has 0 spiro atoms. The maximum absolute atomic E-state index is 11.1. The fraction of sp³-hybridized carbons (Fsp3) is 0.250. The number of benzene rings is 1. The predicted molar refractivity (Wildman–Crippen MR) is 58.1 cm³/mol. The van der Waals surface area contributed by atoms with Crippen LogP contribution in [-0.4, -0.2) is 23.8 Å². The Morgan fingerprint density at radius 1 is 1.47 bits per heavy atom. The quantitative estimate of drug-likeness (QED) is 0.601. The molecule has 1 atom stereocenters. The van der Waals surface area contributed by atoms with Gasteiger partial charge in [-0.3, -0.25) is 0 Å². The van der Waals surface area contributed by atoms with E-state index in [1.165, 1.54) is 6.08 Å². The van der Waals surface area contributed by atoms with E-state index in [1.807, 2.05) is 30.3 Å². The van der Waals surface area contributed by atoms with E-state index >= 15 is 0 Å². The molecular formula is C12H14O3. The SMILES string of the molecule is CC(O)COC(=O)/C=C/c1ccccc1. The molecule has 80 valence electrons. The second-order valence-electron chi connectivity index (χ2n) is 3.22. The van der Waals surface area contributed by atoms with Gasteiger partial charge in [0.25, 0.3) is 0 Å². The number of aliphatic hydroxyl groups excluding tert-OH is 1. The topological polar surface area (TPSA) is 46.5 Å². The van der Waals surface area contributed by atoms with Crippen molar-refractivity contribution in [1.29, 1.82) is 0 Å². The highest BCUT2D eigenvalue weighted by Gasteiger charge is 1.99. The number of carbonyl (C=O) groups excluding carboxylic acids is 1. The molecule has 0 heterocycles. The Morgan fingerprint density at radius 3 is 2.73 bits per heavy atom. The summed E-state index contributed by atoms with van der Waals surface area (Å²) in [6.07, 6.45) is 2.39. The van der Waals surface area contributed by atoms with Crippen LogP contribution in [0, 0.1) is 0 Å². The first kappa shape index (κ1) is 11.5. The van der Waals surface area contributed by atoms with E-state index in [1.54, 1.807) is 13.0 Å². The minimum Gasteiger partial charge on any atom is -0.460 e. The molecule has 0 fully saturated rings. The average Bonchev–Trinajstić information content (AvgIpc) is 2.25. The van der Waals surface area contributed by atoms with Crippen LogP contribution >= 0.6 is 0 Å². The standard InChI is InChI=1S/C12H14O3/c1-10(13)9-15-12(14)8-7-11-5-3-2-4-6-11/h2-8,10,13H,9H2,1H3/b8-7+. The molecule has 3 nitrogen and oxygen atoms in total. The second kappa shape index (κ2) is 5.98. The van der Waals surface area contributed by atoms with Crippen LogP contribution in [0.2, 0.25) is 0 Å². The molecule has 1 N–H and O–H groups in total. The highest BCUT2D eigenvalue weighted by molar-refractivity contribution is 5.87. The van der Waals surface area contributed by atoms with Gasteiger partial charge in [-0.05, 0) is 18.6 Å². The van der Waals surface area contributed by atoms with Gasteiger partial charge in [0.05, 0.1) is 6.10 Å². The molecule has 0 saturated heterocycles. The van der Waals surface area contributed by atoms with Gasteiger partial charge in [-0.25, -0.2) is 4.79 Å². The molecule has 1 aromatic carbocycles. The third-order valence-electron chi connectivity index (χ3n) is 1.68. The van der Waals surface area contributed by atoms with Crippen LogP contribution in [0.4, 0.5) is 0 Å². The Balaban J connectivity index is 2.41. The van der Waals surface area contributed by atoms with Crippen LogP contribution in [0.5, 0.6) is 0 Å². The van der Waals surface area contributed by atoms with Gasteiger partial charge in [0.2, 0.25) is 0 Å². The van der Waals surface area contributed by atoms with Crippen molar-refractivity contribution in [2.75, 3.05) is 6.61 Å². The maximum Gasteiger partial charge on any atom is 0.330 e. The normalized spacial score (nSPS) is 12.7. The molecule has 1 aromatic rings. The van der Waals surface area contributed by atoms with Crippen LogP contribution in [0.3, 0.4) is 0 Å². The van der Waals surface area contributed by atoms with E-state index in [0.29, 0.717) is 0 Å². The zero-order valence-electron chi connectivity index (χ0n) is 8.59. The van der Waals surface area contributed by atoms with Crippen molar-refractivity contribution in [3.63, 3.8) is 0 Å². The van der Waals surface area contributed by atoms with Crippen LogP contribution in [-0.2, 0) is 9.53 Å². The minimum absolute atomic E-state index is 0.0258. The van der Waals surface area contributed by atoms with E-state index in [4.69, 9.17) is 9.84 Å². The smallest absolute Gasteiger partial charge is 0.330 e. The molecule has 0 bridgehead atoms. The number of ether oxygens (including phenoxy) is 1. The third kappa shape index (κ3) is 4.98. The molecule has 0 aliphatic carbocycles. The van der Waals surface area contributed by atoms with Crippen molar-refractivity contribution in [3.8, 4) is 0 Å². The Hall–Kier alpha value is -1.61. The van der Waals surface area contributed by atoms with Gasteiger partial charge in [-0.1, -0.05) is 30.3 Å². The highest BCUT2D eigenvalue weighted by Crippen LogP contribution is 2.01. The van der Waals surface area contributed by atoms with Gasteiger partial charge in [-0.2, -0.15) is 0 Å². The molecule has 0 saturated carbocycles. The predicted octanol–water partition coefficient (Wildman–Crippen LogP) is 1.62. The Kier molecular flexibility index (Phi) is 4.57. The summed E-state index contributed by atoms with van der Waals surface area (Å²) in [6, 6.07) is 9.46. The van der Waals surface area contributed by atoms with Crippen molar-refractivity contribution in [3.05, 3.63) is 42.0 Å². The summed E-state index contributed by atoms with van der Waals surface area (Å²) < 4.78 is 4.75. The van der Waals surface area contributed by atoms with Gasteiger partial charge in [0.15, 0.2) is 0 Å². The van der Waals surface area contributed by atoms with Crippen molar-refractivity contribution in [2.45, 2.75) is 13.0 Å². The molecule has 0 amide bonds. The van der Waals surface area contributed by atoms with Crippen LogP contribution in [0.1, 0.15) is 12.5 Å². The molecule has 0 aliphatic rings. The Bertz CT molecular complexity index is 328. The maximum atomic E-state index is 11.1. The monoisotopic (exact) mass is 206 g/mol. The summed E-state index contributed by atoms with van der Waals surface area (Å²) in [6.45, 7) is 1.59. The molecular weight excluding hydrogens is 192 g/mol. The fourth-order valence-electron chi connectivity index (χ4n) is 0.979. The first-order valence-electron chi connectivity index (χ1n) is 4.76. The largest absolute Gasteiger partial charge is 0.460 e. The van der Waals surface area contributed by atoms with E-state index in [0.717, 1.165) is 5.56 Å². The van der Waals surface area contributed by atoms with Crippen molar-refractivity contribution < 1.29 is 14.6 Å². The summed E-state index contributed by atoms with van der Waals surface area (Å²) in [5, 5.41) is 8.89. The average molecular weight is 206 g/mol. The fourth-order valence-corrected chi connectivity index (χ4v) is 0.979. The van der Waals surface area contributed by atoms with Gasteiger partial charge in [-0.15, -0.1) is 0 Å². The molecule has 0 radical (unpaired) electrons. The molecule has 0 aliphatic heterocycles. The third-order valence-corrected chi connectivity index (χ3v) is 1.68. The molecule has 3 heteroatoms. The number of carbonyl (C=O) groups is 1. The van der Waals surface area contributed by atoms with E-state index in [2.05, 4.69) is 0 Å². The summed E-state index contributed by atoms with van der Waals surface area (Å²) in [7, 11) is 0. The van der Waals surface area contributed by atoms with Crippen molar-refractivity contribution in [2.24, 2.45) is 0 Å². The molecule has 0 aromatic heterocycles. The first-order chi connectivity index (χ1) is 7.18. The first-order valence-corrected chi connectivity index (χ1v) is 4.76. The van der Waals surface area contributed by atoms with E-state index < -0.39 is 12.1 Å². The summed E-state index contributed by atoms with van der Waals surface area (Å²) in [5.41, 5.74) is 0.937. The highest BCUT2D eigenvalue weighted by atomic mass is 16.5. The lowest BCUT2D eigenvalue weighted by Crippen LogP contribution is -2.13. The Morgan fingerprint density at radius 2 is 2.13 bits per heavy atom. The lowest BCUT2D eigenvalue weighted by atomic mass is 10.2. The number of rotatable bonds is 4. The number of aliphatic hydroxyl groups is 1. The van der Waals surface area contributed by atoms with Crippen LogP contribution < -0.4 is 0 Å². The van der Waals surface area contributed by atoms with E-state index in [-0.39, 0.29) is 6.61 Å². The Labute approximate surface area is 89.0 Å². The van der Waals surface area contributed by atoms with Gasteiger partial charge < -0.3 is 9.84 Å². The van der Waals surface area contributed by atoms with Crippen LogP contribution in [0.15, 0.2) is 36.4 Å². The number of hydrogen-bond donors (Lipinski definition) is 1. The van der Waals surface area contributed by atoms with Crippen molar-refractivity contribution in [1.82, 2.24) is 0 Å². The van der Waals surface area contributed by atoms with Gasteiger partial charge >= 0.3 is 5.97 Å².